The van der Waals surface area contributed by atoms with Gasteiger partial charge in [0, 0.05) is 29.5 Å². The van der Waals surface area contributed by atoms with E-state index in [9.17, 15) is 0 Å². The molecule has 0 atom stereocenters. The second-order valence-electron chi connectivity index (χ2n) is 3.91. The van der Waals surface area contributed by atoms with Gasteiger partial charge in [0.25, 0.3) is 0 Å². The highest BCUT2D eigenvalue weighted by atomic mass is 15.1. The lowest BCUT2D eigenvalue weighted by molar-refractivity contribution is 1.11. The van der Waals surface area contributed by atoms with Gasteiger partial charge in [-0.2, -0.15) is 5.10 Å². The van der Waals surface area contributed by atoms with Gasteiger partial charge in [0.05, 0.1) is 17.1 Å². The third-order valence-corrected chi connectivity index (χ3v) is 2.72. The van der Waals surface area contributed by atoms with Crippen LogP contribution in [0.4, 0.5) is 5.82 Å². The average Bonchev–Trinajstić information content (AvgIpc) is 2.83. The Kier molecular flexibility index (Phi) is 2.86. The molecule has 0 spiro atoms. The largest absolute Gasteiger partial charge is 0.276 e. The maximum Gasteiger partial charge on any atom is 0.159 e. The molecule has 3 rings (SSSR count). The third-order valence-electron chi connectivity index (χ3n) is 2.72. The monoisotopic (exact) mass is 249 g/mol. The Bertz CT molecular complexity index is 804. The number of fused-ring (bicyclic) bond motifs is 1. The summed E-state index contributed by atoms with van der Waals surface area (Å²) in [4.78, 5) is 13.0. The molecule has 0 saturated heterocycles. The van der Waals surface area contributed by atoms with Crippen LogP contribution in [0.15, 0.2) is 54.6 Å². The van der Waals surface area contributed by atoms with Crippen molar-refractivity contribution in [2.75, 3.05) is 0 Å². The Morgan fingerprint density at radius 2 is 2.16 bits per heavy atom. The molecule has 5 heteroatoms. The second-order valence-corrected chi connectivity index (χ2v) is 3.91. The lowest BCUT2D eigenvalue weighted by atomic mass is 10.2. The Hall–Kier alpha value is -2.82. The molecular weight excluding hydrogens is 238 g/mol. The van der Waals surface area contributed by atoms with Crippen LogP contribution in [0.5, 0.6) is 0 Å². The molecule has 3 heterocycles. The number of hydrogen-bond donors (Lipinski definition) is 1. The van der Waals surface area contributed by atoms with Crippen molar-refractivity contribution in [3.63, 3.8) is 0 Å². The molecule has 92 valence electrons. The number of pyridine rings is 1. The van der Waals surface area contributed by atoms with Crippen molar-refractivity contribution in [1.82, 2.24) is 20.2 Å². The quantitative estimate of drug-likeness (QED) is 0.757. The van der Waals surface area contributed by atoms with Crippen LogP contribution in [0.3, 0.4) is 0 Å². The van der Waals surface area contributed by atoms with E-state index in [1.165, 1.54) is 0 Å². The molecule has 0 radical (unpaired) electrons. The molecule has 5 nitrogen and oxygen atoms in total. The van der Waals surface area contributed by atoms with E-state index in [4.69, 9.17) is 0 Å². The zero-order valence-corrected chi connectivity index (χ0v) is 10.1. The number of aromatic amines is 1. The Balaban J connectivity index is 2.33. The molecule has 0 saturated carbocycles. The van der Waals surface area contributed by atoms with Crippen LogP contribution in [-0.4, -0.2) is 20.2 Å². The summed E-state index contributed by atoms with van der Waals surface area (Å²) in [5, 5.41) is 8.58. The van der Waals surface area contributed by atoms with Crippen LogP contribution in [-0.2, 0) is 0 Å². The Labute approximate surface area is 109 Å². The fourth-order valence-corrected chi connectivity index (χ4v) is 1.79. The predicted molar refractivity (Wildman–Crippen MR) is 73.4 cm³/mol. The molecule has 0 bridgehead atoms. The number of nitrogens with one attached hydrogen (secondary N) is 1. The van der Waals surface area contributed by atoms with Crippen molar-refractivity contribution in [3.8, 4) is 0 Å². The molecule has 0 unspecified atom stereocenters. The zero-order valence-electron chi connectivity index (χ0n) is 10.1. The van der Waals surface area contributed by atoms with Gasteiger partial charge in [-0.05, 0) is 18.2 Å². The van der Waals surface area contributed by atoms with Gasteiger partial charge in [-0.25, -0.2) is 9.98 Å². The molecule has 0 fully saturated rings. The fourth-order valence-electron chi connectivity index (χ4n) is 1.79. The third kappa shape index (κ3) is 2.13. The lowest BCUT2D eigenvalue weighted by Crippen LogP contribution is -2.00. The topological polar surface area (TPSA) is 66.8 Å². The molecule has 19 heavy (non-hydrogen) atoms. The number of rotatable bonds is 2. The second kappa shape index (κ2) is 4.81. The Morgan fingerprint density at radius 3 is 3.05 bits per heavy atom. The van der Waals surface area contributed by atoms with Crippen LogP contribution in [0, 0.1) is 0 Å². The lowest BCUT2D eigenvalue weighted by Gasteiger charge is -1.97. The molecule has 3 aromatic heterocycles. The van der Waals surface area contributed by atoms with Crippen molar-refractivity contribution in [2.45, 2.75) is 0 Å². The first kappa shape index (κ1) is 11.3. The minimum atomic E-state index is 0.625. The zero-order chi connectivity index (χ0) is 13.1. The fraction of sp³-hybridized carbons (Fsp3) is 0. The first-order chi connectivity index (χ1) is 9.38. The molecule has 0 amide bonds. The maximum absolute atomic E-state index is 4.56. The summed E-state index contributed by atoms with van der Waals surface area (Å²) < 4.78 is 0. The van der Waals surface area contributed by atoms with Gasteiger partial charge in [-0.15, -0.1) is 0 Å². The van der Waals surface area contributed by atoms with Gasteiger partial charge in [0.1, 0.15) is 0 Å². The molecule has 0 aliphatic carbocycles. The van der Waals surface area contributed by atoms with E-state index in [2.05, 4.69) is 31.7 Å². The van der Waals surface area contributed by atoms with Crippen LogP contribution < -0.4 is 5.36 Å². The van der Waals surface area contributed by atoms with Crippen molar-refractivity contribution in [1.29, 1.82) is 0 Å². The van der Waals surface area contributed by atoms with E-state index in [-0.39, 0.29) is 0 Å². The van der Waals surface area contributed by atoms with Crippen LogP contribution >= 0.6 is 0 Å². The van der Waals surface area contributed by atoms with E-state index < -0.39 is 0 Å². The minimum Gasteiger partial charge on any atom is -0.276 e. The first-order valence-electron chi connectivity index (χ1n) is 5.78. The van der Waals surface area contributed by atoms with Gasteiger partial charge in [-0.3, -0.25) is 10.1 Å². The molecule has 0 aliphatic rings. The van der Waals surface area contributed by atoms with E-state index in [1.54, 1.807) is 30.9 Å². The predicted octanol–water partition coefficient (Wildman–Crippen LogP) is 2.23. The number of aromatic nitrogens is 4. The average molecular weight is 249 g/mol. The van der Waals surface area contributed by atoms with Gasteiger partial charge < -0.3 is 0 Å². The normalized spacial score (nSPS) is 11.7. The van der Waals surface area contributed by atoms with E-state index in [0.717, 1.165) is 21.8 Å². The van der Waals surface area contributed by atoms with Gasteiger partial charge in [0.2, 0.25) is 0 Å². The molecule has 0 aromatic carbocycles. The summed E-state index contributed by atoms with van der Waals surface area (Å²) in [6.07, 6.45) is 8.59. The maximum atomic E-state index is 4.56. The highest BCUT2D eigenvalue weighted by Gasteiger charge is 2.00. The number of H-pyrrole nitrogens is 1. The number of nitrogens with zero attached hydrogens (tertiary/aromatic N) is 4. The molecule has 0 aliphatic heterocycles. The minimum absolute atomic E-state index is 0.625. The van der Waals surface area contributed by atoms with Crippen molar-refractivity contribution >= 4 is 22.8 Å². The standard InChI is InChI=1S/C14H11N5/c1-2-10-4-3-6-16-14(10)18-12-5-7-15-8-11-9-17-19-13(11)12/h2-9H,1H2,(H,17,19)/b18-12-. The van der Waals surface area contributed by atoms with E-state index >= 15 is 0 Å². The van der Waals surface area contributed by atoms with E-state index in [1.807, 2.05) is 18.2 Å². The molecule has 3 aromatic rings. The smallest absolute Gasteiger partial charge is 0.159 e. The molecule has 1 N–H and O–H groups in total. The highest BCUT2D eigenvalue weighted by Crippen LogP contribution is 2.15. The SMILES string of the molecule is C=Cc1cccnc1/N=c1/ccncc2cn[nH]c12. The summed E-state index contributed by atoms with van der Waals surface area (Å²) in [6.45, 7) is 3.77. The van der Waals surface area contributed by atoms with Crippen LogP contribution in [0.2, 0.25) is 0 Å². The molecular formula is C14H11N5. The van der Waals surface area contributed by atoms with Crippen LogP contribution in [0.25, 0.3) is 17.0 Å². The Morgan fingerprint density at radius 1 is 1.21 bits per heavy atom. The highest BCUT2D eigenvalue weighted by molar-refractivity contribution is 5.75. The van der Waals surface area contributed by atoms with Crippen molar-refractivity contribution < 1.29 is 0 Å². The van der Waals surface area contributed by atoms with Gasteiger partial charge in [-0.1, -0.05) is 12.7 Å². The first-order valence-corrected chi connectivity index (χ1v) is 5.78. The summed E-state index contributed by atoms with van der Waals surface area (Å²) in [5.74, 6) is 0.625. The number of hydrogen-bond acceptors (Lipinski definition) is 4. The van der Waals surface area contributed by atoms with E-state index in [0.29, 0.717) is 5.82 Å². The summed E-state index contributed by atoms with van der Waals surface area (Å²) in [6, 6.07) is 5.60. The van der Waals surface area contributed by atoms with Crippen molar-refractivity contribution in [3.05, 3.63) is 60.5 Å². The van der Waals surface area contributed by atoms with Gasteiger partial charge >= 0.3 is 0 Å². The summed E-state index contributed by atoms with van der Waals surface area (Å²) in [5.41, 5.74) is 1.72. The summed E-state index contributed by atoms with van der Waals surface area (Å²) >= 11 is 0. The van der Waals surface area contributed by atoms with Crippen molar-refractivity contribution in [2.24, 2.45) is 4.99 Å². The van der Waals surface area contributed by atoms with Gasteiger partial charge in [0.15, 0.2) is 5.82 Å². The summed E-state index contributed by atoms with van der Waals surface area (Å²) in [7, 11) is 0. The van der Waals surface area contributed by atoms with Crippen LogP contribution in [0.1, 0.15) is 5.56 Å².